The molecular formula is C12H25NO2. The Kier molecular flexibility index (Phi) is 4.15. The molecule has 0 aliphatic heterocycles. The summed E-state index contributed by atoms with van der Waals surface area (Å²) in [6.07, 6.45) is 4.03. The molecule has 0 saturated heterocycles. The summed E-state index contributed by atoms with van der Waals surface area (Å²) in [5, 5.41) is 23.3. The van der Waals surface area contributed by atoms with E-state index in [2.05, 4.69) is 5.32 Å². The number of nitrogens with one attached hydrogen (secondary N) is 1. The first-order chi connectivity index (χ1) is 6.86. The zero-order valence-corrected chi connectivity index (χ0v) is 10.2. The van der Waals surface area contributed by atoms with E-state index in [1.54, 1.807) is 0 Å². The highest BCUT2D eigenvalue weighted by Crippen LogP contribution is 2.28. The lowest BCUT2D eigenvalue weighted by Gasteiger charge is -2.30. The smallest absolute Gasteiger partial charge is 0.0771 e. The van der Waals surface area contributed by atoms with Gasteiger partial charge in [-0.1, -0.05) is 26.7 Å². The van der Waals surface area contributed by atoms with Gasteiger partial charge in [0.15, 0.2) is 0 Å². The molecule has 3 heteroatoms. The molecule has 0 radical (unpaired) electrons. The molecule has 0 aromatic carbocycles. The molecular weight excluding hydrogens is 190 g/mol. The minimum atomic E-state index is -0.686. The van der Waals surface area contributed by atoms with Crippen molar-refractivity contribution in [3.63, 3.8) is 0 Å². The molecule has 0 amide bonds. The highest BCUT2D eigenvalue weighted by atomic mass is 16.3. The first kappa shape index (κ1) is 12.9. The summed E-state index contributed by atoms with van der Waals surface area (Å²) in [7, 11) is 0. The first-order valence-corrected chi connectivity index (χ1v) is 6.01. The van der Waals surface area contributed by atoms with Gasteiger partial charge in [-0.15, -0.1) is 0 Å². The van der Waals surface area contributed by atoms with Gasteiger partial charge in [0, 0.05) is 13.1 Å². The molecule has 90 valence electrons. The Labute approximate surface area is 92.9 Å². The summed E-state index contributed by atoms with van der Waals surface area (Å²) in [6.45, 7) is 7.00. The van der Waals surface area contributed by atoms with Gasteiger partial charge >= 0.3 is 0 Å². The van der Waals surface area contributed by atoms with Crippen LogP contribution in [0.25, 0.3) is 0 Å². The Bertz CT molecular complexity index is 191. The van der Waals surface area contributed by atoms with Crippen molar-refractivity contribution >= 4 is 0 Å². The lowest BCUT2D eigenvalue weighted by atomic mass is 9.92. The van der Waals surface area contributed by atoms with Crippen LogP contribution in [0.5, 0.6) is 0 Å². The largest absolute Gasteiger partial charge is 0.389 e. The number of hydrogen-bond donors (Lipinski definition) is 3. The summed E-state index contributed by atoms with van der Waals surface area (Å²) in [6, 6.07) is 0. The molecule has 0 aromatic rings. The molecule has 0 aromatic heterocycles. The summed E-state index contributed by atoms with van der Waals surface area (Å²) in [5.41, 5.74) is -1.21. The van der Waals surface area contributed by atoms with Crippen molar-refractivity contribution in [3.8, 4) is 0 Å². The fourth-order valence-corrected chi connectivity index (χ4v) is 1.96. The Morgan fingerprint density at radius 1 is 1.33 bits per heavy atom. The molecule has 1 saturated carbocycles. The van der Waals surface area contributed by atoms with Crippen LogP contribution in [-0.4, -0.2) is 34.5 Å². The average Bonchev–Trinajstić information content (AvgIpc) is 2.51. The van der Waals surface area contributed by atoms with Crippen LogP contribution in [0.1, 0.15) is 46.5 Å². The minimum absolute atomic E-state index is 0.225. The second-order valence-electron chi connectivity index (χ2n) is 5.55. The Hall–Kier alpha value is -0.120. The van der Waals surface area contributed by atoms with Crippen molar-refractivity contribution in [3.05, 3.63) is 0 Å². The van der Waals surface area contributed by atoms with Gasteiger partial charge < -0.3 is 15.5 Å². The van der Waals surface area contributed by atoms with Crippen LogP contribution in [0.2, 0.25) is 0 Å². The fraction of sp³-hybridized carbons (Fsp3) is 1.00. The van der Waals surface area contributed by atoms with Gasteiger partial charge in [0.25, 0.3) is 0 Å². The third kappa shape index (κ3) is 3.74. The monoisotopic (exact) mass is 215 g/mol. The Morgan fingerprint density at radius 3 is 2.33 bits per heavy atom. The van der Waals surface area contributed by atoms with Crippen LogP contribution in [-0.2, 0) is 0 Å². The van der Waals surface area contributed by atoms with Crippen molar-refractivity contribution in [1.82, 2.24) is 5.32 Å². The van der Waals surface area contributed by atoms with Gasteiger partial charge in [-0.3, -0.25) is 0 Å². The molecule has 3 N–H and O–H groups in total. The zero-order chi connectivity index (χ0) is 11.5. The van der Waals surface area contributed by atoms with Crippen LogP contribution in [0.15, 0.2) is 0 Å². The van der Waals surface area contributed by atoms with Gasteiger partial charge in [-0.2, -0.15) is 0 Å². The Balaban J connectivity index is 2.26. The maximum Gasteiger partial charge on any atom is 0.0771 e. The molecule has 0 heterocycles. The molecule has 1 fully saturated rings. The molecule has 1 aliphatic carbocycles. The second kappa shape index (κ2) is 4.81. The normalized spacial score (nSPS) is 24.4. The van der Waals surface area contributed by atoms with Gasteiger partial charge in [0.05, 0.1) is 11.2 Å². The van der Waals surface area contributed by atoms with Crippen molar-refractivity contribution in [1.29, 1.82) is 0 Å². The van der Waals surface area contributed by atoms with Crippen LogP contribution in [0, 0.1) is 5.92 Å². The summed E-state index contributed by atoms with van der Waals surface area (Å²) in [5.74, 6) is 0.225. The van der Waals surface area contributed by atoms with Crippen LogP contribution in [0.3, 0.4) is 0 Å². The van der Waals surface area contributed by atoms with Crippen LogP contribution < -0.4 is 5.32 Å². The topological polar surface area (TPSA) is 52.5 Å². The van der Waals surface area contributed by atoms with E-state index in [9.17, 15) is 10.2 Å². The molecule has 1 atom stereocenters. The van der Waals surface area contributed by atoms with Crippen LogP contribution in [0.4, 0.5) is 0 Å². The predicted octanol–water partition coefficient (Wildman–Crippen LogP) is 1.29. The van der Waals surface area contributed by atoms with E-state index in [-0.39, 0.29) is 5.92 Å². The second-order valence-corrected chi connectivity index (χ2v) is 5.55. The van der Waals surface area contributed by atoms with Crippen molar-refractivity contribution in [2.75, 3.05) is 13.1 Å². The molecule has 1 aliphatic rings. The SMILES string of the molecule is CC(C)C(C)(O)CNCC1(O)CCCC1. The molecule has 0 bridgehead atoms. The number of aliphatic hydroxyl groups is 2. The first-order valence-electron chi connectivity index (χ1n) is 6.01. The van der Waals surface area contributed by atoms with E-state index in [4.69, 9.17) is 0 Å². The quantitative estimate of drug-likeness (QED) is 0.648. The third-order valence-corrected chi connectivity index (χ3v) is 3.72. The molecule has 1 unspecified atom stereocenters. The highest BCUT2D eigenvalue weighted by Gasteiger charge is 2.32. The lowest BCUT2D eigenvalue weighted by Crippen LogP contribution is -2.47. The van der Waals surface area contributed by atoms with E-state index in [0.29, 0.717) is 13.1 Å². The molecule has 3 nitrogen and oxygen atoms in total. The predicted molar refractivity (Wildman–Crippen MR) is 61.7 cm³/mol. The fourth-order valence-electron chi connectivity index (χ4n) is 1.96. The molecule has 0 spiro atoms. The average molecular weight is 215 g/mol. The van der Waals surface area contributed by atoms with E-state index >= 15 is 0 Å². The summed E-state index contributed by atoms with van der Waals surface area (Å²) < 4.78 is 0. The van der Waals surface area contributed by atoms with E-state index in [1.165, 1.54) is 0 Å². The van der Waals surface area contributed by atoms with Crippen LogP contribution >= 0.6 is 0 Å². The van der Waals surface area contributed by atoms with Crippen molar-refractivity contribution in [2.24, 2.45) is 5.92 Å². The third-order valence-electron chi connectivity index (χ3n) is 3.72. The van der Waals surface area contributed by atoms with Crippen molar-refractivity contribution < 1.29 is 10.2 Å². The molecule has 15 heavy (non-hydrogen) atoms. The van der Waals surface area contributed by atoms with Gasteiger partial charge in [0.1, 0.15) is 0 Å². The Morgan fingerprint density at radius 2 is 1.87 bits per heavy atom. The zero-order valence-electron chi connectivity index (χ0n) is 10.2. The molecule has 1 rings (SSSR count). The number of hydrogen-bond acceptors (Lipinski definition) is 3. The van der Waals surface area contributed by atoms with Gasteiger partial charge in [-0.25, -0.2) is 0 Å². The summed E-state index contributed by atoms with van der Waals surface area (Å²) >= 11 is 0. The maximum absolute atomic E-state index is 10.1. The minimum Gasteiger partial charge on any atom is -0.389 e. The lowest BCUT2D eigenvalue weighted by molar-refractivity contribution is 0.00134. The standard InChI is InChI=1S/C12H25NO2/c1-10(2)11(3,14)8-13-9-12(15)6-4-5-7-12/h10,13-15H,4-9H2,1-3H3. The van der Waals surface area contributed by atoms with E-state index in [0.717, 1.165) is 25.7 Å². The maximum atomic E-state index is 10.1. The van der Waals surface area contributed by atoms with Crippen molar-refractivity contribution in [2.45, 2.75) is 57.7 Å². The van der Waals surface area contributed by atoms with E-state index in [1.807, 2.05) is 20.8 Å². The number of rotatable bonds is 5. The summed E-state index contributed by atoms with van der Waals surface area (Å²) in [4.78, 5) is 0. The van der Waals surface area contributed by atoms with Gasteiger partial charge in [-0.05, 0) is 25.7 Å². The van der Waals surface area contributed by atoms with Gasteiger partial charge in [0.2, 0.25) is 0 Å². The highest BCUT2D eigenvalue weighted by molar-refractivity contribution is 4.88. The van der Waals surface area contributed by atoms with E-state index < -0.39 is 11.2 Å².